The standard InChI is InChI=1S/C25H21F2N5O.C13H10ClF2N3O.C12H12N2/c1-15-9-17(7-8-28-15)16-3-5-21(6-4-16)30-25-29-13-23-24(31-25)32(2)22(14-33-23)18-10-19(26)12-20(27)11-18;1-19-10(7-2-8(15)4-9(16)3-7)6-20-11-5-17-13(14)18-12(11)19;1-9-8-11(6-7-14-9)10-2-4-12(13)5-3-10/h3-13,22H,14H2,1-2H3,(H,29,30,31);2-5,10H,6H2,1H3;2-8H,13H2,1H3. The van der Waals surface area contributed by atoms with Gasteiger partial charge in [-0.05, 0) is 132 Å². The van der Waals surface area contributed by atoms with Crippen LogP contribution in [0.25, 0.3) is 22.3 Å². The fourth-order valence-electron chi connectivity index (χ4n) is 7.50. The smallest absolute Gasteiger partial charge is 0.229 e. The SMILES string of the molecule is CN1c2nc(Cl)ncc2OCC1c1cc(F)cc(F)c1.Cc1cc(-c2ccc(N)cc2)ccn1.Cc1cc(-c2ccc(Nc3ncc4c(n3)N(C)C(c3cc(F)cc(F)c3)CO4)cc2)ccn1. The second kappa shape index (κ2) is 20.1. The van der Waals surface area contributed by atoms with Crippen LogP contribution in [0, 0.1) is 37.1 Å². The number of anilines is 5. The summed E-state index contributed by atoms with van der Waals surface area (Å²) >= 11 is 5.76. The van der Waals surface area contributed by atoms with Crippen molar-refractivity contribution < 1.29 is 27.0 Å². The van der Waals surface area contributed by atoms with Gasteiger partial charge in [-0.2, -0.15) is 9.97 Å². The molecule has 2 aliphatic heterocycles. The van der Waals surface area contributed by atoms with Crippen LogP contribution < -0.4 is 30.3 Å². The molecule has 0 aliphatic carbocycles. The average Bonchev–Trinajstić information content (AvgIpc) is 3.30. The fourth-order valence-corrected chi connectivity index (χ4v) is 7.63. The highest BCUT2D eigenvalue weighted by Gasteiger charge is 2.30. The van der Waals surface area contributed by atoms with Crippen molar-refractivity contribution in [2.24, 2.45) is 0 Å². The van der Waals surface area contributed by atoms with Gasteiger partial charge >= 0.3 is 0 Å². The number of aryl methyl sites for hydroxylation is 2. The molecule has 340 valence electrons. The minimum absolute atomic E-state index is 0.0882. The lowest BCUT2D eigenvalue weighted by Gasteiger charge is -2.35. The molecule has 0 saturated carbocycles. The number of nitrogens with one attached hydrogen (secondary N) is 1. The molecule has 10 rings (SSSR count). The van der Waals surface area contributed by atoms with Crippen molar-refractivity contribution in [3.8, 4) is 33.8 Å². The highest BCUT2D eigenvalue weighted by atomic mass is 35.5. The number of benzene rings is 4. The van der Waals surface area contributed by atoms with E-state index in [0.29, 0.717) is 40.2 Å². The van der Waals surface area contributed by atoms with Crippen molar-refractivity contribution in [2.45, 2.75) is 25.9 Å². The van der Waals surface area contributed by atoms with Gasteiger partial charge < -0.3 is 30.3 Å². The van der Waals surface area contributed by atoms with E-state index in [1.165, 1.54) is 41.6 Å². The third-order valence-corrected chi connectivity index (χ3v) is 11.1. The summed E-state index contributed by atoms with van der Waals surface area (Å²) in [6.45, 7) is 4.43. The van der Waals surface area contributed by atoms with Gasteiger partial charge in [-0.3, -0.25) is 9.97 Å². The predicted molar refractivity (Wildman–Crippen MR) is 252 cm³/mol. The van der Waals surface area contributed by atoms with Crippen LogP contribution in [0.4, 0.5) is 46.5 Å². The quantitative estimate of drug-likeness (QED) is 0.0932. The normalized spacial score (nSPS) is 14.8. The molecular formula is C50H43ClF4N10O2. The molecule has 4 aromatic carbocycles. The van der Waals surface area contributed by atoms with Crippen molar-refractivity contribution in [2.75, 3.05) is 48.2 Å². The molecule has 2 atom stereocenters. The third-order valence-electron chi connectivity index (χ3n) is 10.9. The molecule has 4 aromatic heterocycles. The van der Waals surface area contributed by atoms with Crippen LogP contribution in [0.15, 0.2) is 134 Å². The van der Waals surface area contributed by atoms with Crippen LogP contribution in [-0.4, -0.2) is 57.2 Å². The number of fused-ring (bicyclic) bond motifs is 2. The predicted octanol–water partition coefficient (Wildman–Crippen LogP) is 11.1. The molecule has 2 aliphatic rings. The lowest BCUT2D eigenvalue weighted by molar-refractivity contribution is 0.264. The van der Waals surface area contributed by atoms with Gasteiger partial charge in [0.05, 0.1) is 24.5 Å². The third kappa shape index (κ3) is 11.2. The first-order valence-corrected chi connectivity index (χ1v) is 21.3. The molecule has 8 aromatic rings. The topological polar surface area (TPSA) is 140 Å². The van der Waals surface area contributed by atoms with Crippen molar-refractivity contribution in [1.29, 1.82) is 0 Å². The van der Waals surface area contributed by atoms with E-state index in [2.05, 4.69) is 41.3 Å². The summed E-state index contributed by atoms with van der Waals surface area (Å²) in [5.74, 6) is -0.0744. The number of halogens is 5. The number of rotatable bonds is 6. The molecule has 67 heavy (non-hydrogen) atoms. The van der Waals surface area contributed by atoms with Gasteiger partial charge in [0.15, 0.2) is 23.1 Å². The van der Waals surface area contributed by atoms with Crippen molar-refractivity contribution in [3.05, 3.63) is 185 Å². The summed E-state index contributed by atoms with van der Waals surface area (Å²) in [6, 6.07) is 30.0. The second-order valence-corrected chi connectivity index (χ2v) is 16.0. The van der Waals surface area contributed by atoms with Crippen LogP contribution >= 0.6 is 11.6 Å². The summed E-state index contributed by atoms with van der Waals surface area (Å²) in [6.07, 6.45) is 6.68. The first kappa shape index (κ1) is 45.7. The van der Waals surface area contributed by atoms with E-state index in [-0.39, 0.29) is 30.6 Å². The van der Waals surface area contributed by atoms with Gasteiger partial charge in [0, 0.05) is 61.4 Å². The zero-order chi connectivity index (χ0) is 47.2. The fraction of sp³-hybridized carbons (Fsp3) is 0.160. The monoisotopic (exact) mass is 926 g/mol. The molecule has 3 N–H and O–H groups in total. The van der Waals surface area contributed by atoms with Crippen LogP contribution in [0.2, 0.25) is 5.28 Å². The number of ether oxygens (including phenoxy) is 2. The van der Waals surface area contributed by atoms with Crippen molar-refractivity contribution in [1.82, 2.24) is 29.9 Å². The van der Waals surface area contributed by atoms with Gasteiger partial charge in [0.2, 0.25) is 11.2 Å². The Hall–Kier alpha value is -7.85. The number of aromatic nitrogens is 6. The van der Waals surface area contributed by atoms with E-state index < -0.39 is 23.3 Å². The summed E-state index contributed by atoms with van der Waals surface area (Å²) < 4.78 is 65.4. The largest absolute Gasteiger partial charge is 0.486 e. The Morgan fingerprint density at radius 1 is 0.567 bits per heavy atom. The van der Waals surface area contributed by atoms with E-state index >= 15 is 0 Å². The van der Waals surface area contributed by atoms with Gasteiger partial charge in [-0.1, -0.05) is 24.3 Å². The molecule has 0 saturated heterocycles. The molecule has 0 bridgehead atoms. The summed E-state index contributed by atoms with van der Waals surface area (Å²) in [7, 11) is 3.58. The number of hydrogen-bond donors (Lipinski definition) is 2. The van der Waals surface area contributed by atoms with Crippen molar-refractivity contribution in [3.63, 3.8) is 0 Å². The maximum Gasteiger partial charge on any atom is 0.229 e. The molecule has 0 amide bonds. The van der Waals surface area contributed by atoms with Gasteiger partial charge in [0.25, 0.3) is 0 Å². The Morgan fingerprint density at radius 3 is 1.49 bits per heavy atom. The number of pyridine rings is 2. The Labute approximate surface area is 389 Å². The Morgan fingerprint density at radius 2 is 1.01 bits per heavy atom. The van der Waals surface area contributed by atoms with E-state index in [4.69, 9.17) is 26.8 Å². The Kier molecular flexibility index (Phi) is 13.7. The minimum Gasteiger partial charge on any atom is -0.486 e. The summed E-state index contributed by atoms with van der Waals surface area (Å²) in [4.78, 5) is 28.8. The molecule has 12 nitrogen and oxygen atoms in total. The molecule has 6 heterocycles. The van der Waals surface area contributed by atoms with Gasteiger partial charge in [-0.15, -0.1) is 0 Å². The van der Waals surface area contributed by atoms with E-state index in [1.54, 1.807) is 24.3 Å². The summed E-state index contributed by atoms with van der Waals surface area (Å²) in [5, 5.41) is 3.29. The molecule has 2 unspecified atom stereocenters. The average molecular weight is 927 g/mol. The number of nitrogens with two attached hydrogens (primary N) is 1. The van der Waals surface area contributed by atoms with Crippen LogP contribution in [-0.2, 0) is 0 Å². The molecule has 17 heteroatoms. The minimum atomic E-state index is -0.625. The van der Waals surface area contributed by atoms with E-state index in [1.807, 2.05) is 98.7 Å². The molecular weight excluding hydrogens is 884 g/mol. The van der Waals surface area contributed by atoms with E-state index in [0.717, 1.165) is 46.0 Å². The molecule has 0 fully saturated rings. The Bertz CT molecular complexity index is 2980. The molecule has 0 radical (unpaired) electrons. The highest BCUT2D eigenvalue weighted by molar-refractivity contribution is 6.28. The van der Waals surface area contributed by atoms with Crippen LogP contribution in [0.3, 0.4) is 0 Å². The number of likely N-dealkylation sites (N-methyl/N-ethyl adjacent to an activating group) is 2. The zero-order valence-electron chi connectivity index (χ0n) is 36.6. The maximum atomic E-state index is 13.7. The molecule has 0 spiro atoms. The summed E-state index contributed by atoms with van der Waals surface area (Å²) in [5.41, 5.74) is 14.7. The Balaban J connectivity index is 0.000000151. The first-order valence-electron chi connectivity index (χ1n) is 20.9. The zero-order valence-corrected chi connectivity index (χ0v) is 37.4. The highest BCUT2D eigenvalue weighted by Crippen LogP contribution is 2.39. The van der Waals surface area contributed by atoms with E-state index in [9.17, 15) is 17.6 Å². The lowest BCUT2D eigenvalue weighted by Crippen LogP contribution is -2.34. The number of hydrogen-bond acceptors (Lipinski definition) is 12. The first-order chi connectivity index (χ1) is 32.3. The lowest BCUT2D eigenvalue weighted by atomic mass is 10.0. The van der Waals surface area contributed by atoms with Crippen molar-refractivity contribution >= 4 is 40.6 Å². The van der Waals surface area contributed by atoms with Crippen LogP contribution in [0.1, 0.15) is 34.6 Å². The maximum absolute atomic E-state index is 13.7. The number of nitrogen functional groups attached to an aromatic ring is 1. The van der Waals surface area contributed by atoms with Crippen LogP contribution in [0.5, 0.6) is 11.5 Å². The second-order valence-electron chi connectivity index (χ2n) is 15.7. The number of nitrogens with zero attached hydrogens (tertiary/aromatic N) is 8. The van der Waals surface area contributed by atoms with Gasteiger partial charge in [0.1, 0.15) is 36.5 Å². The van der Waals surface area contributed by atoms with Gasteiger partial charge in [-0.25, -0.2) is 27.5 Å².